The first kappa shape index (κ1) is 16.4. The Bertz CT molecular complexity index is 392. The van der Waals surface area contributed by atoms with Crippen LogP contribution in [-0.2, 0) is 0 Å². The summed E-state index contributed by atoms with van der Waals surface area (Å²) in [5.41, 5.74) is 2.27. The summed E-state index contributed by atoms with van der Waals surface area (Å²) in [6, 6.07) is 0. The van der Waals surface area contributed by atoms with Crippen LogP contribution in [0.5, 0.6) is 0 Å². The van der Waals surface area contributed by atoms with Gasteiger partial charge in [0.05, 0.1) is 0 Å². The second-order valence-electron chi connectivity index (χ2n) is 4.37. The molecule has 0 saturated heterocycles. The summed E-state index contributed by atoms with van der Waals surface area (Å²) in [5.74, 6) is 3.39. The van der Waals surface area contributed by atoms with Gasteiger partial charge in [-0.25, -0.2) is 4.99 Å². The van der Waals surface area contributed by atoms with E-state index in [9.17, 15) is 0 Å². The fraction of sp³-hybridized carbons (Fsp3) is 0.500. The maximum Gasteiger partial charge on any atom is 0.117 e. The normalized spacial score (nSPS) is 14.6. The first-order valence-electron chi connectivity index (χ1n) is 6.45. The summed E-state index contributed by atoms with van der Waals surface area (Å²) in [4.78, 5) is 4.24. The SMILES string of the molecule is C#C/C=C(\C=C/C)C(C)CCC(CC)=NC(C)=N. The standard InChI is InChI=1S/C16H24N2/c1-6-9-15(10-7-2)13(4)11-12-16(8-3)18-14(5)17/h1,7,9-10,13,17H,8,11-12H2,2-5H3/b10-7-,15-9+,17-14?,18-16?. The van der Waals surface area contributed by atoms with Crippen LogP contribution in [0.1, 0.15) is 47.0 Å². The molecule has 1 atom stereocenters. The molecule has 0 fully saturated rings. The van der Waals surface area contributed by atoms with Crippen LogP contribution in [-0.4, -0.2) is 11.5 Å². The van der Waals surface area contributed by atoms with E-state index in [1.165, 1.54) is 5.57 Å². The summed E-state index contributed by atoms with van der Waals surface area (Å²) < 4.78 is 0. The van der Waals surface area contributed by atoms with E-state index in [2.05, 4.69) is 30.8 Å². The van der Waals surface area contributed by atoms with Crippen LogP contribution in [0.15, 0.2) is 28.8 Å². The Morgan fingerprint density at radius 1 is 1.50 bits per heavy atom. The summed E-state index contributed by atoms with van der Waals surface area (Å²) >= 11 is 0. The molecule has 0 aromatic carbocycles. The van der Waals surface area contributed by atoms with Gasteiger partial charge in [-0.2, -0.15) is 0 Å². The van der Waals surface area contributed by atoms with E-state index in [-0.39, 0.29) is 0 Å². The highest BCUT2D eigenvalue weighted by Crippen LogP contribution is 2.18. The van der Waals surface area contributed by atoms with Gasteiger partial charge in [0.1, 0.15) is 5.84 Å². The second-order valence-corrected chi connectivity index (χ2v) is 4.37. The number of nitrogens with zero attached hydrogens (tertiary/aromatic N) is 1. The van der Waals surface area contributed by atoms with Crippen molar-refractivity contribution in [1.29, 1.82) is 5.41 Å². The molecule has 0 radical (unpaired) electrons. The summed E-state index contributed by atoms with van der Waals surface area (Å²) in [7, 11) is 0. The molecule has 0 amide bonds. The van der Waals surface area contributed by atoms with Crippen molar-refractivity contribution in [3.8, 4) is 12.3 Å². The number of rotatable bonds is 6. The number of allylic oxidation sites excluding steroid dienone is 4. The molecule has 0 aliphatic rings. The molecule has 0 aliphatic heterocycles. The van der Waals surface area contributed by atoms with Crippen LogP contribution in [0.4, 0.5) is 0 Å². The van der Waals surface area contributed by atoms with Gasteiger partial charge < -0.3 is 0 Å². The molecule has 98 valence electrons. The van der Waals surface area contributed by atoms with Crippen molar-refractivity contribution in [1.82, 2.24) is 0 Å². The Kier molecular flexibility index (Phi) is 8.57. The molecule has 1 N–H and O–H groups in total. The topological polar surface area (TPSA) is 36.2 Å². The van der Waals surface area contributed by atoms with E-state index in [1.807, 2.05) is 19.1 Å². The molecule has 18 heavy (non-hydrogen) atoms. The first-order valence-corrected chi connectivity index (χ1v) is 6.45. The summed E-state index contributed by atoms with van der Waals surface area (Å²) in [6.07, 6.45) is 14.1. The number of hydrogen-bond acceptors (Lipinski definition) is 1. The van der Waals surface area contributed by atoms with Gasteiger partial charge in [-0.15, -0.1) is 6.42 Å². The highest BCUT2D eigenvalue weighted by molar-refractivity contribution is 5.95. The van der Waals surface area contributed by atoms with Crippen LogP contribution in [0.2, 0.25) is 0 Å². The lowest BCUT2D eigenvalue weighted by Gasteiger charge is -2.12. The van der Waals surface area contributed by atoms with Gasteiger partial charge in [-0.3, -0.25) is 5.41 Å². The average molecular weight is 244 g/mol. The average Bonchev–Trinajstić information content (AvgIpc) is 2.33. The fourth-order valence-electron chi connectivity index (χ4n) is 1.74. The van der Waals surface area contributed by atoms with Crippen LogP contribution in [0.25, 0.3) is 0 Å². The molecular formula is C16H24N2. The maximum atomic E-state index is 7.39. The molecule has 0 heterocycles. The highest BCUT2D eigenvalue weighted by Gasteiger charge is 2.07. The highest BCUT2D eigenvalue weighted by atomic mass is 14.8. The van der Waals surface area contributed by atoms with Gasteiger partial charge in [-0.05, 0) is 50.7 Å². The Hall–Kier alpha value is -1.62. The van der Waals surface area contributed by atoms with Crippen molar-refractivity contribution < 1.29 is 0 Å². The Balaban J connectivity index is 4.57. The number of hydrogen-bond donors (Lipinski definition) is 1. The first-order chi connectivity index (χ1) is 8.54. The third-order valence-electron chi connectivity index (χ3n) is 2.78. The molecule has 0 spiro atoms. The van der Waals surface area contributed by atoms with Crippen molar-refractivity contribution in [3.05, 3.63) is 23.8 Å². The minimum atomic E-state index is 0.382. The van der Waals surface area contributed by atoms with E-state index in [4.69, 9.17) is 11.8 Å². The Morgan fingerprint density at radius 2 is 2.17 bits per heavy atom. The summed E-state index contributed by atoms with van der Waals surface area (Å²) in [6.45, 7) is 7.96. The zero-order valence-corrected chi connectivity index (χ0v) is 12.0. The van der Waals surface area contributed by atoms with Gasteiger partial charge in [0.15, 0.2) is 0 Å². The van der Waals surface area contributed by atoms with Crippen LogP contribution >= 0.6 is 0 Å². The Morgan fingerprint density at radius 3 is 2.61 bits per heavy atom. The van der Waals surface area contributed by atoms with Gasteiger partial charge in [0.25, 0.3) is 0 Å². The molecule has 0 rings (SSSR count). The summed E-state index contributed by atoms with van der Waals surface area (Å²) in [5, 5.41) is 7.39. The lowest BCUT2D eigenvalue weighted by Crippen LogP contribution is -2.05. The van der Waals surface area contributed by atoms with Crippen molar-refractivity contribution in [3.63, 3.8) is 0 Å². The zero-order chi connectivity index (χ0) is 14.0. The van der Waals surface area contributed by atoms with Crippen LogP contribution < -0.4 is 0 Å². The van der Waals surface area contributed by atoms with Crippen molar-refractivity contribution in [2.24, 2.45) is 10.9 Å². The number of aliphatic imine (C=N–C) groups is 1. The molecule has 0 bridgehead atoms. The molecular weight excluding hydrogens is 220 g/mol. The molecule has 2 nitrogen and oxygen atoms in total. The second kappa shape index (κ2) is 9.41. The van der Waals surface area contributed by atoms with Crippen molar-refractivity contribution in [2.45, 2.75) is 47.0 Å². The van der Waals surface area contributed by atoms with Gasteiger partial charge in [-0.1, -0.05) is 31.9 Å². The molecule has 1 unspecified atom stereocenters. The van der Waals surface area contributed by atoms with E-state index < -0.39 is 0 Å². The number of amidine groups is 1. The molecule has 0 aromatic heterocycles. The maximum absolute atomic E-state index is 7.39. The minimum absolute atomic E-state index is 0.382. The number of terminal acetylenes is 1. The van der Waals surface area contributed by atoms with Crippen molar-refractivity contribution in [2.75, 3.05) is 0 Å². The quantitative estimate of drug-likeness (QED) is 0.311. The van der Waals surface area contributed by atoms with Crippen molar-refractivity contribution >= 4 is 11.5 Å². The van der Waals surface area contributed by atoms with E-state index in [1.54, 1.807) is 6.92 Å². The lowest BCUT2D eigenvalue weighted by molar-refractivity contribution is 0.642. The minimum Gasteiger partial charge on any atom is -0.287 e. The predicted octanol–water partition coefficient (Wildman–Crippen LogP) is 4.39. The fourth-order valence-corrected chi connectivity index (χ4v) is 1.74. The van der Waals surface area contributed by atoms with Crippen LogP contribution in [0, 0.1) is 23.7 Å². The van der Waals surface area contributed by atoms with Gasteiger partial charge in [0.2, 0.25) is 0 Å². The number of nitrogens with one attached hydrogen (secondary N) is 1. The van der Waals surface area contributed by atoms with Gasteiger partial charge in [0, 0.05) is 5.71 Å². The predicted molar refractivity (Wildman–Crippen MR) is 81.3 cm³/mol. The third kappa shape index (κ3) is 6.85. The smallest absolute Gasteiger partial charge is 0.117 e. The van der Waals surface area contributed by atoms with E-state index >= 15 is 0 Å². The van der Waals surface area contributed by atoms with E-state index in [0.717, 1.165) is 25.0 Å². The Labute approximate surface area is 111 Å². The molecule has 2 heteroatoms. The lowest BCUT2D eigenvalue weighted by atomic mass is 9.93. The monoisotopic (exact) mass is 244 g/mol. The molecule has 0 saturated carbocycles. The largest absolute Gasteiger partial charge is 0.287 e. The third-order valence-corrected chi connectivity index (χ3v) is 2.78. The van der Waals surface area contributed by atoms with Gasteiger partial charge >= 0.3 is 0 Å². The molecule has 0 aromatic rings. The van der Waals surface area contributed by atoms with Crippen LogP contribution in [0.3, 0.4) is 0 Å². The van der Waals surface area contributed by atoms with E-state index in [0.29, 0.717) is 11.8 Å². The molecule has 0 aliphatic carbocycles. The zero-order valence-electron chi connectivity index (χ0n) is 12.0.